The van der Waals surface area contributed by atoms with Gasteiger partial charge in [0.1, 0.15) is 0 Å². The second-order valence-electron chi connectivity index (χ2n) is 6.87. The molecule has 150 valence electrons. The topological polar surface area (TPSA) is 59.2 Å². The van der Waals surface area contributed by atoms with Crippen molar-refractivity contribution in [1.29, 1.82) is 0 Å². The maximum atomic E-state index is 12.7. The number of anilines is 1. The van der Waals surface area contributed by atoms with Gasteiger partial charge >= 0.3 is 6.18 Å². The third-order valence-corrected chi connectivity index (χ3v) is 5.08. The quantitative estimate of drug-likeness (QED) is 0.580. The number of hydrogen-bond donors (Lipinski definition) is 0. The molecule has 2 heterocycles. The number of carbonyl (C=O) groups excluding carboxylic acids is 1. The summed E-state index contributed by atoms with van der Waals surface area (Å²) < 4.78 is 43.4. The maximum Gasteiger partial charge on any atom is 0.416 e. The Morgan fingerprint density at radius 2 is 1.90 bits per heavy atom. The Bertz CT molecular complexity index is 1060. The molecule has 4 rings (SSSR count). The van der Waals surface area contributed by atoms with E-state index in [1.807, 2.05) is 13.0 Å². The van der Waals surface area contributed by atoms with Crippen LogP contribution in [0.1, 0.15) is 29.4 Å². The number of benzene rings is 2. The summed E-state index contributed by atoms with van der Waals surface area (Å²) in [6, 6.07) is 9.85. The molecule has 1 aromatic heterocycles. The van der Waals surface area contributed by atoms with Crippen LogP contribution in [-0.2, 0) is 11.0 Å². The molecule has 9 heteroatoms. The summed E-state index contributed by atoms with van der Waals surface area (Å²) in [4.78, 5) is 18.4. The zero-order valence-electron chi connectivity index (χ0n) is 15.2. The van der Waals surface area contributed by atoms with Gasteiger partial charge in [-0.25, -0.2) is 0 Å². The van der Waals surface area contributed by atoms with E-state index in [0.717, 1.165) is 23.4 Å². The van der Waals surface area contributed by atoms with Crippen molar-refractivity contribution >= 4 is 23.2 Å². The minimum absolute atomic E-state index is 0.0883. The van der Waals surface area contributed by atoms with Gasteiger partial charge in [-0.2, -0.15) is 18.2 Å². The molecular weight excluding hydrogens is 407 g/mol. The lowest BCUT2D eigenvalue weighted by Gasteiger charge is -2.18. The van der Waals surface area contributed by atoms with E-state index in [0.29, 0.717) is 17.1 Å². The van der Waals surface area contributed by atoms with E-state index in [-0.39, 0.29) is 30.0 Å². The summed E-state index contributed by atoms with van der Waals surface area (Å²) in [6.45, 7) is 2.25. The van der Waals surface area contributed by atoms with Crippen molar-refractivity contribution in [2.45, 2.75) is 25.4 Å². The normalized spacial score (nSPS) is 17.2. The summed E-state index contributed by atoms with van der Waals surface area (Å²) >= 11 is 6.06. The van der Waals surface area contributed by atoms with Gasteiger partial charge in [0.05, 0.1) is 11.5 Å². The van der Waals surface area contributed by atoms with E-state index >= 15 is 0 Å². The van der Waals surface area contributed by atoms with E-state index in [1.165, 1.54) is 12.1 Å². The molecule has 1 saturated heterocycles. The molecule has 1 unspecified atom stereocenters. The fraction of sp³-hybridized carbons (Fsp3) is 0.250. The van der Waals surface area contributed by atoms with Gasteiger partial charge in [0.2, 0.25) is 17.6 Å². The number of alkyl halides is 3. The third-order valence-electron chi connectivity index (χ3n) is 4.85. The van der Waals surface area contributed by atoms with Crippen LogP contribution in [0.15, 0.2) is 47.0 Å². The Morgan fingerprint density at radius 3 is 2.59 bits per heavy atom. The Balaban J connectivity index is 1.54. The average Bonchev–Trinajstić information content (AvgIpc) is 3.30. The minimum Gasteiger partial charge on any atom is -0.339 e. The smallest absolute Gasteiger partial charge is 0.339 e. The molecule has 5 nitrogen and oxygen atoms in total. The highest BCUT2D eigenvalue weighted by atomic mass is 35.5. The molecule has 0 saturated carbocycles. The van der Waals surface area contributed by atoms with E-state index < -0.39 is 11.7 Å². The van der Waals surface area contributed by atoms with Gasteiger partial charge in [-0.3, -0.25) is 4.79 Å². The number of nitrogens with zero attached hydrogens (tertiary/aromatic N) is 3. The van der Waals surface area contributed by atoms with Crippen molar-refractivity contribution in [1.82, 2.24) is 10.1 Å². The molecule has 2 aromatic carbocycles. The predicted octanol–water partition coefficient (Wildman–Crippen LogP) is 5.24. The monoisotopic (exact) mass is 421 g/mol. The van der Waals surface area contributed by atoms with Gasteiger partial charge in [-0.15, -0.1) is 0 Å². The Morgan fingerprint density at radius 1 is 1.17 bits per heavy atom. The molecule has 1 aliphatic rings. The van der Waals surface area contributed by atoms with E-state index in [9.17, 15) is 18.0 Å². The van der Waals surface area contributed by atoms with Gasteiger partial charge in [-0.05, 0) is 36.8 Å². The fourth-order valence-corrected chi connectivity index (χ4v) is 3.47. The Hall–Kier alpha value is -2.87. The molecular formula is C20H15ClF3N3O2. The van der Waals surface area contributed by atoms with E-state index in [1.54, 1.807) is 17.0 Å². The Labute approximate surface area is 169 Å². The van der Waals surface area contributed by atoms with Crippen LogP contribution in [0.4, 0.5) is 18.9 Å². The van der Waals surface area contributed by atoms with Gasteiger partial charge in [0.25, 0.3) is 0 Å². The summed E-state index contributed by atoms with van der Waals surface area (Å²) in [5, 5.41) is 4.39. The van der Waals surface area contributed by atoms with E-state index in [2.05, 4.69) is 10.1 Å². The molecule has 1 amide bonds. The number of aryl methyl sites for hydroxylation is 1. The van der Waals surface area contributed by atoms with Gasteiger partial charge in [0, 0.05) is 29.2 Å². The molecule has 1 aliphatic heterocycles. The van der Waals surface area contributed by atoms with Crippen LogP contribution in [-0.4, -0.2) is 22.6 Å². The zero-order valence-corrected chi connectivity index (χ0v) is 16.0. The lowest BCUT2D eigenvalue weighted by atomic mass is 10.1. The maximum absolute atomic E-state index is 12.7. The second-order valence-corrected chi connectivity index (χ2v) is 7.30. The van der Waals surface area contributed by atoms with Crippen molar-refractivity contribution in [3.63, 3.8) is 0 Å². The molecule has 29 heavy (non-hydrogen) atoms. The Kier molecular flexibility index (Phi) is 4.82. The summed E-state index contributed by atoms with van der Waals surface area (Å²) in [5.74, 6) is 0.0558. The van der Waals surface area contributed by atoms with Crippen molar-refractivity contribution in [3.05, 3.63) is 64.5 Å². The van der Waals surface area contributed by atoms with Gasteiger partial charge in [-0.1, -0.05) is 35.0 Å². The first-order valence-corrected chi connectivity index (χ1v) is 9.18. The first-order chi connectivity index (χ1) is 13.7. The number of hydrogen-bond acceptors (Lipinski definition) is 4. The van der Waals surface area contributed by atoms with Crippen LogP contribution < -0.4 is 4.90 Å². The molecule has 0 spiro atoms. The standard InChI is InChI=1S/C20H15ClF3N3O2/c1-11-2-7-15(21)9-16(11)27-10-13(8-17(27)28)19-25-18(26-29-19)12-3-5-14(6-4-12)20(22,23)24/h2-7,9,13H,8,10H2,1H3. The zero-order chi connectivity index (χ0) is 20.8. The van der Waals surface area contributed by atoms with Crippen molar-refractivity contribution in [2.24, 2.45) is 0 Å². The van der Waals surface area contributed by atoms with Crippen LogP contribution in [0.5, 0.6) is 0 Å². The van der Waals surface area contributed by atoms with Crippen molar-refractivity contribution < 1.29 is 22.5 Å². The number of rotatable bonds is 3. The SMILES string of the molecule is Cc1ccc(Cl)cc1N1CC(c2nc(-c3ccc(C(F)(F)F)cc3)no2)CC1=O. The number of carbonyl (C=O) groups is 1. The molecule has 0 N–H and O–H groups in total. The number of aromatic nitrogens is 2. The molecule has 0 aliphatic carbocycles. The highest BCUT2D eigenvalue weighted by Crippen LogP contribution is 2.35. The summed E-state index contributed by atoms with van der Waals surface area (Å²) in [5.41, 5.74) is 1.30. The number of amides is 1. The molecule has 1 fully saturated rings. The molecule has 0 radical (unpaired) electrons. The van der Waals surface area contributed by atoms with Gasteiger partial charge < -0.3 is 9.42 Å². The van der Waals surface area contributed by atoms with Crippen LogP contribution in [0.25, 0.3) is 11.4 Å². The second kappa shape index (κ2) is 7.18. The third kappa shape index (κ3) is 3.85. The largest absolute Gasteiger partial charge is 0.416 e. The van der Waals surface area contributed by atoms with E-state index in [4.69, 9.17) is 16.1 Å². The molecule has 1 atom stereocenters. The predicted molar refractivity (Wildman–Crippen MR) is 101 cm³/mol. The molecule has 0 bridgehead atoms. The van der Waals surface area contributed by atoms with Crippen LogP contribution in [0, 0.1) is 6.92 Å². The van der Waals surface area contributed by atoms with Crippen LogP contribution >= 0.6 is 11.6 Å². The molecule has 3 aromatic rings. The highest BCUT2D eigenvalue weighted by Gasteiger charge is 2.36. The van der Waals surface area contributed by atoms with Crippen molar-refractivity contribution in [3.8, 4) is 11.4 Å². The minimum atomic E-state index is -4.41. The fourth-order valence-electron chi connectivity index (χ4n) is 3.31. The summed E-state index contributed by atoms with van der Waals surface area (Å²) in [6.07, 6.45) is -4.21. The lowest BCUT2D eigenvalue weighted by molar-refractivity contribution is -0.137. The lowest BCUT2D eigenvalue weighted by Crippen LogP contribution is -2.25. The summed E-state index contributed by atoms with van der Waals surface area (Å²) in [7, 11) is 0. The van der Waals surface area contributed by atoms with Gasteiger partial charge in [0.15, 0.2) is 0 Å². The number of halogens is 4. The van der Waals surface area contributed by atoms with Crippen LogP contribution in [0.3, 0.4) is 0 Å². The highest BCUT2D eigenvalue weighted by molar-refractivity contribution is 6.31. The first kappa shape index (κ1) is 19.4. The van der Waals surface area contributed by atoms with Crippen LogP contribution in [0.2, 0.25) is 5.02 Å². The average molecular weight is 422 g/mol. The first-order valence-electron chi connectivity index (χ1n) is 8.80. The van der Waals surface area contributed by atoms with Crippen molar-refractivity contribution in [2.75, 3.05) is 11.4 Å².